The predicted octanol–water partition coefficient (Wildman–Crippen LogP) is 3.15. The van der Waals surface area contributed by atoms with E-state index in [9.17, 15) is 4.79 Å². The molecule has 26 heavy (non-hydrogen) atoms. The van der Waals surface area contributed by atoms with Gasteiger partial charge in [0.05, 0.1) is 6.42 Å². The molecule has 140 valence electrons. The molecule has 0 aliphatic rings. The zero-order valence-electron chi connectivity index (χ0n) is 16.9. The molecule has 0 fully saturated rings. The smallest absolute Gasteiger partial charge is 0.238 e. The lowest BCUT2D eigenvalue weighted by Gasteiger charge is -2.25. The van der Waals surface area contributed by atoms with Crippen LogP contribution < -0.4 is 15.8 Å². The Balaban J connectivity index is 2.37. The van der Waals surface area contributed by atoms with E-state index in [4.69, 9.17) is 5.84 Å². The highest BCUT2D eigenvalue weighted by atomic mass is 16.2. The molecule has 3 N–H and O–H groups in total. The number of pyridine rings is 1. The number of hydrogen-bond donors (Lipinski definition) is 2. The third kappa shape index (κ3) is 5.40. The van der Waals surface area contributed by atoms with Gasteiger partial charge in [-0.05, 0) is 40.2 Å². The van der Waals surface area contributed by atoms with Gasteiger partial charge in [-0.1, -0.05) is 47.6 Å². The summed E-state index contributed by atoms with van der Waals surface area (Å²) in [5.41, 5.74) is 7.29. The molecule has 2 rings (SSSR count). The van der Waals surface area contributed by atoms with Gasteiger partial charge in [-0.15, -0.1) is 0 Å². The van der Waals surface area contributed by atoms with E-state index in [1.165, 1.54) is 16.7 Å². The summed E-state index contributed by atoms with van der Waals surface area (Å²) in [6.07, 6.45) is 4.33. The van der Waals surface area contributed by atoms with Crippen LogP contribution in [0.15, 0.2) is 42.7 Å². The maximum absolute atomic E-state index is 11.5. The van der Waals surface area contributed by atoms with Crippen LogP contribution in [0.25, 0.3) is 0 Å². The summed E-state index contributed by atoms with van der Waals surface area (Å²) in [6, 6.07) is 10.8. The molecule has 2 aromatic rings. The van der Waals surface area contributed by atoms with Crippen molar-refractivity contribution >= 4 is 5.91 Å². The molecular formula is C22H32N3O+. The Morgan fingerprint density at radius 1 is 1.00 bits per heavy atom. The SMILES string of the molecule is CC(C)(C)c1cc(C[n+]2cccc(CC(=O)NN)c2)cc(C(C)(C)C)c1. The molecular weight excluding hydrogens is 322 g/mol. The number of hydrogen-bond acceptors (Lipinski definition) is 2. The number of amides is 1. The fourth-order valence-corrected chi connectivity index (χ4v) is 2.88. The number of hydrazine groups is 1. The second-order valence-electron chi connectivity index (χ2n) is 9.05. The first-order chi connectivity index (χ1) is 12.0. The third-order valence-corrected chi connectivity index (χ3v) is 4.54. The van der Waals surface area contributed by atoms with Gasteiger partial charge in [0.15, 0.2) is 18.9 Å². The van der Waals surface area contributed by atoms with E-state index in [-0.39, 0.29) is 23.2 Å². The van der Waals surface area contributed by atoms with Gasteiger partial charge < -0.3 is 0 Å². The van der Waals surface area contributed by atoms with Crippen molar-refractivity contribution in [2.45, 2.75) is 65.3 Å². The average molecular weight is 355 g/mol. The molecule has 0 aliphatic heterocycles. The van der Waals surface area contributed by atoms with Crippen LogP contribution in [0.2, 0.25) is 0 Å². The molecule has 0 saturated carbocycles. The Morgan fingerprint density at radius 3 is 2.08 bits per heavy atom. The first-order valence-corrected chi connectivity index (χ1v) is 9.11. The molecule has 0 radical (unpaired) electrons. The lowest BCUT2D eigenvalue weighted by molar-refractivity contribution is -0.688. The standard InChI is InChI=1S/C22H31N3O/c1-21(2,3)18-10-17(11-19(13-18)22(4,5)6)15-25-9-7-8-16(14-25)12-20(26)24-23/h7-11,13-14H,12,15,23H2,1-6H3/p+1. The average Bonchev–Trinajstić information content (AvgIpc) is 2.53. The number of aromatic nitrogens is 1. The number of nitrogens with two attached hydrogens (primary N) is 1. The lowest BCUT2D eigenvalue weighted by atomic mass is 9.79. The van der Waals surface area contributed by atoms with Crippen LogP contribution in [0, 0.1) is 0 Å². The van der Waals surface area contributed by atoms with Crippen molar-refractivity contribution < 1.29 is 9.36 Å². The Kier molecular flexibility index (Phi) is 5.87. The van der Waals surface area contributed by atoms with E-state index in [0.717, 1.165) is 12.1 Å². The van der Waals surface area contributed by atoms with Crippen LogP contribution in [0.3, 0.4) is 0 Å². The fraction of sp³-hybridized carbons (Fsp3) is 0.455. The highest BCUT2D eigenvalue weighted by Crippen LogP contribution is 2.30. The van der Waals surface area contributed by atoms with Crippen molar-refractivity contribution in [3.05, 3.63) is 65.0 Å². The Hall–Kier alpha value is -2.20. The molecule has 0 unspecified atom stereocenters. The summed E-state index contributed by atoms with van der Waals surface area (Å²) in [4.78, 5) is 11.5. The quantitative estimate of drug-likeness (QED) is 0.383. The van der Waals surface area contributed by atoms with E-state index < -0.39 is 0 Å². The van der Waals surface area contributed by atoms with E-state index in [1.807, 2.05) is 24.5 Å². The number of nitrogens with one attached hydrogen (secondary N) is 1. The van der Waals surface area contributed by atoms with Crippen molar-refractivity contribution in [1.82, 2.24) is 5.43 Å². The molecule has 1 amide bonds. The number of carbonyl (C=O) groups is 1. The summed E-state index contributed by atoms with van der Waals surface area (Å²) in [5, 5.41) is 0. The number of benzene rings is 1. The molecule has 0 spiro atoms. The Bertz CT molecular complexity index is 750. The fourth-order valence-electron chi connectivity index (χ4n) is 2.88. The number of nitrogens with zero attached hydrogens (tertiary/aromatic N) is 1. The van der Waals surface area contributed by atoms with Crippen LogP contribution in [0.4, 0.5) is 0 Å². The Morgan fingerprint density at radius 2 is 1.58 bits per heavy atom. The third-order valence-electron chi connectivity index (χ3n) is 4.54. The maximum atomic E-state index is 11.5. The van der Waals surface area contributed by atoms with Gasteiger partial charge in [0.1, 0.15) is 0 Å². The van der Waals surface area contributed by atoms with Crippen molar-refractivity contribution in [2.75, 3.05) is 0 Å². The molecule has 0 saturated heterocycles. The van der Waals surface area contributed by atoms with Gasteiger partial charge in [0.25, 0.3) is 0 Å². The molecule has 1 aromatic heterocycles. The topological polar surface area (TPSA) is 59.0 Å². The summed E-state index contributed by atoms with van der Waals surface area (Å²) in [6.45, 7) is 14.3. The first kappa shape index (κ1) is 20.1. The summed E-state index contributed by atoms with van der Waals surface area (Å²) in [7, 11) is 0. The predicted molar refractivity (Wildman–Crippen MR) is 106 cm³/mol. The minimum atomic E-state index is -0.188. The molecule has 4 nitrogen and oxygen atoms in total. The largest absolute Gasteiger partial charge is 0.294 e. The molecule has 1 heterocycles. The molecule has 0 atom stereocenters. The van der Waals surface area contributed by atoms with Gasteiger partial charge in [-0.3, -0.25) is 10.2 Å². The van der Waals surface area contributed by atoms with Crippen molar-refractivity contribution in [2.24, 2.45) is 5.84 Å². The van der Waals surface area contributed by atoms with Crippen LogP contribution in [-0.4, -0.2) is 5.91 Å². The van der Waals surface area contributed by atoms with Gasteiger partial charge in [-0.25, -0.2) is 10.4 Å². The minimum absolute atomic E-state index is 0.0989. The normalized spacial score (nSPS) is 12.1. The lowest BCUT2D eigenvalue weighted by Crippen LogP contribution is -2.36. The first-order valence-electron chi connectivity index (χ1n) is 9.11. The number of rotatable bonds is 4. The zero-order chi connectivity index (χ0) is 19.5. The highest BCUT2D eigenvalue weighted by molar-refractivity contribution is 5.77. The second-order valence-corrected chi connectivity index (χ2v) is 9.05. The van der Waals surface area contributed by atoms with Gasteiger partial charge in [0.2, 0.25) is 5.91 Å². The summed E-state index contributed by atoms with van der Waals surface area (Å²) >= 11 is 0. The van der Waals surface area contributed by atoms with Crippen LogP contribution in [0.5, 0.6) is 0 Å². The van der Waals surface area contributed by atoms with E-state index in [2.05, 4.69) is 69.7 Å². The second kappa shape index (κ2) is 7.58. The molecule has 4 heteroatoms. The van der Waals surface area contributed by atoms with Crippen molar-refractivity contribution in [3.63, 3.8) is 0 Å². The highest BCUT2D eigenvalue weighted by Gasteiger charge is 2.21. The molecule has 1 aromatic carbocycles. The Labute approximate surface area is 157 Å². The molecule has 0 bridgehead atoms. The van der Waals surface area contributed by atoms with E-state index >= 15 is 0 Å². The van der Waals surface area contributed by atoms with Crippen molar-refractivity contribution in [3.8, 4) is 0 Å². The van der Waals surface area contributed by atoms with Gasteiger partial charge in [0, 0.05) is 17.2 Å². The summed E-state index contributed by atoms with van der Waals surface area (Å²) < 4.78 is 2.12. The van der Waals surface area contributed by atoms with Gasteiger partial charge >= 0.3 is 0 Å². The minimum Gasteiger partial charge on any atom is -0.294 e. The maximum Gasteiger partial charge on any atom is 0.238 e. The monoisotopic (exact) mass is 354 g/mol. The van der Waals surface area contributed by atoms with Crippen LogP contribution >= 0.6 is 0 Å². The molecule has 0 aliphatic carbocycles. The van der Waals surface area contributed by atoms with Crippen LogP contribution in [-0.2, 0) is 28.6 Å². The summed E-state index contributed by atoms with van der Waals surface area (Å²) in [5.74, 6) is 5.00. The van der Waals surface area contributed by atoms with Gasteiger partial charge in [-0.2, -0.15) is 0 Å². The van der Waals surface area contributed by atoms with E-state index in [0.29, 0.717) is 0 Å². The van der Waals surface area contributed by atoms with E-state index in [1.54, 1.807) is 0 Å². The van der Waals surface area contributed by atoms with Crippen molar-refractivity contribution in [1.29, 1.82) is 0 Å². The number of carbonyl (C=O) groups excluding carboxylic acids is 1. The zero-order valence-corrected chi connectivity index (χ0v) is 16.9. The van der Waals surface area contributed by atoms with Crippen LogP contribution in [0.1, 0.15) is 63.8 Å².